The minimum atomic E-state index is -0.538. The van der Waals surface area contributed by atoms with Gasteiger partial charge < -0.3 is 10.1 Å². The normalized spacial score (nSPS) is 10.4. The van der Waals surface area contributed by atoms with Crippen molar-refractivity contribution in [1.82, 2.24) is 10.2 Å². The molecule has 3 aromatic rings. The number of thioether (sulfide) groups is 1. The van der Waals surface area contributed by atoms with E-state index in [1.165, 1.54) is 36.9 Å². The topological polar surface area (TPSA) is 136 Å². The van der Waals surface area contributed by atoms with Crippen LogP contribution in [0.15, 0.2) is 46.8 Å². The Bertz CT molecular complexity index is 1150. The third-order valence-corrected chi connectivity index (χ3v) is 6.13. The van der Waals surface area contributed by atoms with Crippen molar-refractivity contribution in [2.24, 2.45) is 0 Å². The molecule has 0 aliphatic rings. The Kier molecular flexibility index (Phi) is 7.73. The third-order valence-electron chi connectivity index (χ3n) is 4.16. The monoisotopic (exact) mass is 473 g/mol. The molecule has 0 bridgehead atoms. The van der Waals surface area contributed by atoms with E-state index in [9.17, 15) is 19.7 Å². The zero-order valence-corrected chi connectivity index (χ0v) is 18.8. The Balaban J connectivity index is 1.57. The van der Waals surface area contributed by atoms with Crippen LogP contribution in [0.5, 0.6) is 5.75 Å². The van der Waals surface area contributed by atoms with Crippen molar-refractivity contribution < 1.29 is 19.2 Å². The lowest BCUT2D eigenvalue weighted by atomic mass is 10.1. The molecule has 12 heteroatoms. The van der Waals surface area contributed by atoms with E-state index in [0.717, 1.165) is 11.3 Å². The number of hydrogen-bond donors (Lipinski definition) is 2. The number of aromatic nitrogens is 2. The van der Waals surface area contributed by atoms with Gasteiger partial charge in [-0.3, -0.25) is 25.0 Å². The van der Waals surface area contributed by atoms with Crippen LogP contribution in [0.1, 0.15) is 22.8 Å². The minimum Gasteiger partial charge on any atom is -0.492 e. The lowest BCUT2D eigenvalue weighted by Gasteiger charge is -2.10. The SMILES string of the molecule is CCOc1ccccc1NC(=O)CSc1nnc(NC(=O)c2cccc([N+](=O)[O-])c2C)s1. The Morgan fingerprint density at radius 3 is 2.69 bits per heavy atom. The summed E-state index contributed by atoms with van der Waals surface area (Å²) in [5.74, 6) is -0.0856. The molecular weight excluding hydrogens is 454 g/mol. The van der Waals surface area contributed by atoms with E-state index in [2.05, 4.69) is 20.8 Å². The zero-order valence-electron chi connectivity index (χ0n) is 17.2. The Morgan fingerprint density at radius 1 is 1.16 bits per heavy atom. The fraction of sp³-hybridized carbons (Fsp3) is 0.200. The summed E-state index contributed by atoms with van der Waals surface area (Å²) in [5, 5.41) is 24.5. The summed E-state index contributed by atoms with van der Waals surface area (Å²) < 4.78 is 5.98. The number of nitro benzene ring substituents is 1. The number of ether oxygens (including phenoxy) is 1. The highest BCUT2D eigenvalue weighted by molar-refractivity contribution is 8.01. The van der Waals surface area contributed by atoms with Crippen LogP contribution in [0.4, 0.5) is 16.5 Å². The maximum absolute atomic E-state index is 12.5. The summed E-state index contributed by atoms with van der Waals surface area (Å²) >= 11 is 2.27. The van der Waals surface area contributed by atoms with Crippen molar-refractivity contribution in [2.75, 3.05) is 23.0 Å². The van der Waals surface area contributed by atoms with Gasteiger partial charge in [-0.2, -0.15) is 0 Å². The molecule has 0 spiro atoms. The van der Waals surface area contributed by atoms with Crippen molar-refractivity contribution in [2.45, 2.75) is 18.2 Å². The molecule has 1 aromatic heterocycles. The third kappa shape index (κ3) is 5.80. The predicted octanol–water partition coefficient (Wildman–Crippen LogP) is 4.14. The van der Waals surface area contributed by atoms with Crippen LogP contribution in [-0.2, 0) is 4.79 Å². The van der Waals surface area contributed by atoms with Crippen LogP contribution in [0, 0.1) is 17.0 Å². The molecule has 2 aromatic carbocycles. The van der Waals surface area contributed by atoms with Crippen molar-refractivity contribution >= 4 is 51.4 Å². The maximum Gasteiger partial charge on any atom is 0.273 e. The van der Waals surface area contributed by atoms with Gasteiger partial charge in [0.15, 0.2) is 4.34 Å². The van der Waals surface area contributed by atoms with Crippen molar-refractivity contribution in [1.29, 1.82) is 0 Å². The second kappa shape index (κ2) is 10.7. The highest BCUT2D eigenvalue weighted by Crippen LogP contribution is 2.28. The summed E-state index contributed by atoms with van der Waals surface area (Å²) in [7, 11) is 0. The molecule has 32 heavy (non-hydrogen) atoms. The Morgan fingerprint density at radius 2 is 1.94 bits per heavy atom. The van der Waals surface area contributed by atoms with Crippen LogP contribution in [0.2, 0.25) is 0 Å². The number of rotatable bonds is 9. The number of para-hydroxylation sites is 2. The summed E-state index contributed by atoms with van der Waals surface area (Å²) in [6.07, 6.45) is 0. The minimum absolute atomic E-state index is 0.0903. The van der Waals surface area contributed by atoms with Gasteiger partial charge >= 0.3 is 0 Å². The fourth-order valence-corrected chi connectivity index (χ4v) is 4.26. The van der Waals surface area contributed by atoms with Gasteiger partial charge in [0, 0.05) is 17.2 Å². The first-order chi connectivity index (χ1) is 15.4. The largest absolute Gasteiger partial charge is 0.492 e. The zero-order chi connectivity index (χ0) is 23.1. The summed E-state index contributed by atoms with van der Waals surface area (Å²) in [5.41, 5.74) is 0.884. The Labute approximate surface area is 191 Å². The van der Waals surface area contributed by atoms with E-state index in [4.69, 9.17) is 4.74 Å². The van der Waals surface area contributed by atoms with E-state index >= 15 is 0 Å². The second-order valence-electron chi connectivity index (χ2n) is 6.30. The van der Waals surface area contributed by atoms with Gasteiger partial charge in [0.05, 0.1) is 23.0 Å². The first-order valence-electron chi connectivity index (χ1n) is 9.42. The lowest BCUT2D eigenvalue weighted by Crippen LogP contribution is -2.14. The smallest absolute Gasteiger partial charge is 0.273 e. The van der Waals surface area contributed by atoms with Gasteiger partial charge in [-0.1, -0.05) is 41.3 Å². The molecule has 3 rings (SSSR count). The standard InChI is InChI=1S/C20H19N5O5S2/c1-3-30-16-10-5-4-8-14(16)21-17(26)11-31-20-24-23-19(32-20)22-18(27)13-7-6-9-15(12(13)2)25(28)29/h4-10H,3,11H2,1-2H3,(H,21,26)(H,22,23,27). The molecule has 0 aliphatic carbocycles. The van der Waals surface area contributed by atoms with Crippen LogP contribution in [0.25, 0.3) is 0 Å². The first-order valence-corrected chi connectivity index (χ1v) is 11.2. The second-order valence-corrected chi connectivity index (χ2v) is 8.50. The van der Waals surface area contributed by atoms with Gasteiger partial charge in [-0.25, -0.2) is 0 Å². The summed E-state index contributed by atoms with van der Waals surface area (Å²) in [6.45, 7) is 3.86. The molecule has 1 heterocycles. The van der Waals surface area contributed by atoms with Crippen molar-refractivity contribution in [3.8, 4) is 5.75 Å². The number of carbonyl (C=O) groups excluding carboxylic acids is 2. The number of hydrogen-bond acceptors (Lipinski definition) is 9. The van der Waals surface area contributed by atoms with Crippen molar-refractivity contribution in [3.05, 3.63) is 63.7 Å². The molecule has 0 atom stereocenters. The summed E-state index contributed by atoms with van der Waals surface area (Å²) in [4.78, 5) is 35.3. The van der Waals surface area contributed by atoms with Crippen molar-refractivity contribution in [3.63, 3.8) is 0 Å². The molecule has 166 valence electrons. The summed E-state index contributed by atoms with van der Waals surface area (Å²) in [6, 6.07) is 11.4. The highest BCUT2D eigenvalue weighted by Gasteiger charge is 2.19. The van der Waals surface area contributed by atoms with E-state index in [1.54, 1.807) is 18.2 Å². The van der Waals surface area contributed by atoms with Crippen LogP contribution in [0.3, 0.4) is 0 Å². The predicted molar refractivity (Wildman–Crippen MR) is 123 cm³/mol. The molecule has 2 N–H and O–H groups in total. The maximum atomic E-state index is 12.5. The molecule has 0 saturated carbocycles. The molecule has 10 nitrogen and oxygen atoms in total. The van der Waals surface area contributed by atoms with E-state index in [-0.39, 0.29) is 33.6 Å². The molecule has 0 aliphatic heterocycles. The highest BCUT2D eigenvalue weighted by atomic mass is 32.2. The molecule has 0 radical (unpaired) electrons. The Hall–Kier alpha value is -3.51. The van der Waals surface area contributed by atoms with Crippen LogP contribution in [-0.4, -0.2) is 39.3 Å². The van der Waals surface area contributed by atoms with Crippen LogP contribution >= 0.6 is 23.1 Å². The molecule has 0 saturated heterocycles. The number of nitrogens with one attached hydrogen (secondary N) is 2. The van der Waals surface area contributed by atoms with Gasteiger partial charge in [-0.05, 0) is 32.0 Å². The number of carbonyl (C=O) groups is 2. The fourth-order valence-electron chi connectivity index (χ4n) is 2.72. The van der Waals surface area contributed by atoms with Gasteiger partial charge in [0.2, 0.25) is 11.0 Å². The molecule has 0 unspecified atom stereocenters. The first kappa shape index (κ1) is 23.2. The average molecular weight is 474 g/mol. The van der Waals surface area contributed by atoms with E-state index in [1.807, 2.05) is 13.0 Å². The number of nitrogens with zero attached hydrogens (tertiary/aromatic N) is 3. The number of amides is 2. The number of anilines is 2. The molecule has 0 fully saturated rings. The molecule has 2 amide bonds. The molecular formula is C20H19N5O5S2. The lowest BCUT2D eigenvalue weighted by molar-refractivity contribution is -0.385. The van der Waals surface area contributed by atoms with E-state index in [0.29, 0.717) is 22.4 Å². The van der Waals surface area contributed by atoms with Gasteiger partial charge in [0.25, 0.3) is 11.6 Å². The quantitative estimate of drug-likeness (QED) is 0.205. The number of benzene rings is 2. The van der Waals surface area contributed by atoms with Gasteiger partial charge in [-0.15, -0.1) is 10.2 Å². The van der Waals surface area contributed by atoms with E-state index < -0.39 is 10.8 Å². The average Bonchev–Trinajstić information content (AvgIpc) is 3.21. The van der Waals surface area contributed by atoms with Crippen LogP contribution < -0.4 is 15.4 Å². The number of nitro groups is 1. The van der Waals surface area contributed by atoms with Gasteiger partial charge in [0.1, 0.15) is 5.75 Å².